The lowest BCUT2D eigenvalue weighted by molar-refractivity contribution is 0.441. The monoisotopic (exact) mass is 149 g/mol. The maximum Gasteiger partial charge on any atom is 0.0379 e. The molecule has 0 saturated heterocycles. The molecule has 1 unspecified atom stereocenters. The van der Waals surface area contributed by atoms with Crippen molar-refractivity contribution in [2.75, 3.05) is 12.4 Å². The number of rotatable bonds is 4. The topological polar surface area (TPSA) is 12.0 Å². The third-order valence-electron chi connectivity index (χ3n) is 1.44. The van der Waals surface area contributed by atoms with Crippen molar-refractivity contribution in [2.24, 2.45) is 5.92 Å². The highest BCUT2D eigenvalue weighted by atomic mass is 35.5. The molecule has 0 heterocycles. The van der Waals surface area contributed by atoms with Gasteiger partial charge < -0.3 is 5.32 Å². The summed E-state index contributed by atoms with van der Waals surface area (Å²) in [4.78, 5) is 0. The van der Waals surface area contributed by atoms with Crippen LogP contribution >= 0.6 is 11.6 Å². The molecule has 0 radical (unpaired) electrons. The van der Waals surface area contributed by atoms with Gasteiger partial charge in [0.25, 0.3) is 0 Å². The van der Waals surface area contributed by atoms with Gasteiger partial charge in [0.2, 0.25) is 0 Å². The average Bonchev–Trinajstić information content (AvgIpc) is 1.82. The van der Waals surface area contributed by atoms with E-state index >= 15 is 0 Å². The highest BCUT2D eigenvalue weighted by molar-refractivity contribution is 6.18. The zero-order chi connectivity index (χ0) is 7.28. The van der Waals surface area contributed by atoms with Crippen LogP contribution in [0.5, 0.6) is 0 Å². The molecule has 0 fully saturated rings. The number of halogens is 1. The van der Waals surface area contributed by atoms with E-state index in [0.717, 1.165) is 6.54 Å². The van der Waals surface area contributed by atoms with Gasteiger partial charge in [-0.1, -0.05) is 20.8 Å². The van der Waals surface area contributed by atoms with Crippen LogP contribution in [0.25, 0.3) is 0 Å². The Morgan fingerprint density at radius 1 is 1.44 bits per heavy atom. The third kappa shape index (κ3) is 3.77. The summed E-state index contributed by atoms with van der Waals surface area (Å²) in [5.41, 5.74) is 0. The van der Waals surface area contributed by atoms with Crippen LogP contribution in [0.4, 0.5) is 0 Å². The van der Waals surface area contributed by atoms with Crippen molar-refractivity contribution in [1.29, 1.82) is 0 Å². The van der Waals surface area contributed by atoms with Gasteiger partial charge in [0.1, 0.15) is 0 Å². The zero-order valence-electron chi connectivity index (χ0n) is 6.45. The van der Waals surface area contributed by atoms with Gasteiger partial charge >= 0.3 is 0 Å². The van der Waals surface area contributed by atoms with Crippen LogP contribution in [0.15, 0.2) is 0 Å². The molecule has 9 heavy (non-hydrogen) atoms. The van der Waals surface area contributed by atoms with E-state index in [9.17, 15) is 0 Å². The van der Waals surface area contributed by atoms with Gasteiger partial charge in [-0.15, -0.1) is 11.6 Å². The summed E-state index contributed by atoms with van der Waals surface area (Å²) in [6.45, 7) is 7.46. The Balaban J connectivity index is 3.41. The van der Waals surface area contributed by atoms with E-state index < -0.39 is 0 Å². The Labute approximate surface area is 62.8 Å². The van der Waals surface area contributed by atoms with Crippen LogP contribution in [0.3, 0.4) is 0 Å². The van der Waals surface area contributed by atoms with Crippen molar-refractivity contribution < 1.29 is 0 Å². The van der Waals surface area contributed by atoms with Crippen molar-refractivity contribution in [3.63, 3.8) is 0 Å². The van der Waals surface area contributed by atoms with Crippen LogP contribution in [0.1, 0.15) is 20.8 Å². The fraction of sp³-hybridized carbons (Fsp3) is 1.00. The highest BCUT2D eigenvalue weighted by Crippen LogP contribution is 2.02. The fourth-order valence-electron chi connectivity index (χ4n) is 0.731. The maximum absolute atomic E-state index is 5.68. The number of nitrogens with one attached hydrogen (secondary N) is 1. The summed E-state index contributed by atoms with van der Waals surface area (Å²) in [7, 11) is 0. The first kappa shape index (κ1) is 9.25. The van der Waals surface area contributed by atoms with Gasteiger partial charge in [-0.05, 0) is 12.5 Å². The molecule has 0 aliphatic carbocycles. The SMILES string of the molecule is CCNC(CCl)C(C)C. The molecule has 1 nitrogen and oxygen atoms in total. The minimum atomic E-state index is 0.483. The summed E-state index contributed by atoms with van der Waals surface area (Å²) in [6, 6.07) is 0.483. The van der Waals surface area contributed by atoms with E-state index in [-0.39, 0.29) is 0 Å². The molecule has 0 aliphatic heterocycles. The van der Waals surface area contributed by atoms with Crippen LogP contribution in [0, 0.1) is 5.92 Å². The van der Waals surface area contributed by atoms with Crippen LogP contribution < -0.4 is 5.32 Å². The minimum absolute atomic E-state index is 0.483. The van der Waals surface area contributed by atoms with Crippen LogP contribution in [-0.4, -0.2) is 18.5 Å². The Morgan fingerprint density at radius 2 is 2.00 bits per heavy atom. The molecule has 0 aromatic carbocycles. The molecule has 0 aromatic rings. The zero-order valence-corrected chi connectivity index (χ0v) is 7.20. The lowest BCUT2D eigenvalue weighted by Gasteiger charge is -2.17. The van der Waals surface area contributed by atoms with Crippen molar-refractivity contribution in [2.45, 2.75) is 26.8 Å². The van der Waals surface area contributed by atoms with E-state index in [1.54, 1.807) is 0 Å². The first-order chi connectivity index (χ1) is 4.22. The summed E-state index contributed by atoms with van der Waals surface area (Å²) in [6.07, 6.45) is 0. The summed E-state index contributed by atoms with van der Waals surface area (Å²) >= 11 is 5.68. The van der Waals surface area contributed by atoms with Crippen LogP contribution in [0.2, 0.25) is 0 Å². The smallest absolute Gasteiger partial charge is 0.0379 e. The van der Waals surface area contributed by atoms with Gasteiger partial charge in [-0.3, -0.25) is 0 Å². The Bertz CT molecular complexity index is 63.9. The second kappa shape index (κ2) is 5.07. The molecule has 1 atom stereocenters. The molecular weight excluding hydrogens is 134 g/mol. The van der Waals surface area contributed by atoms with Crippen molar-refractivity contribution >= 4 is 11.6 Å². The van der Waals surface area contributed by atoms with Gasteiger partial charge in [0, 0.05) is 11.9 Å². The molecular formula is C7H16ClN. The van der Waals surface area contributed by atoms with Gasteiger partial charge in [0.05, 0.1) is 0 Å². The normalized spacial score (nSPS) is 14.3. The molecule has 0 amide bonds. The predicted molar refractivity (Wildman–Crippen MR) is 43.0 cm³/mol. The Hall–Kier alpha value is 0.250. The quantitative estimate of drug-likeness (QED) is 0.602. The van der Waals surface area contributed by atoms with Crippen molar-refractivity contribution in [3.05, 3.63) is 0 Å². The Morgan fingerprint density at radius 3 is 2.11 bits per heavy atom. The molecule has 1 N–H and O–H groups in total. The largest absolute Gasteiger partial charge is 0.313 e. The molecule has 56 valence electrons. The molecule has 0 rings (SSSR count). The summed E-state index contributed by atoms with van der Waals surface area (Å²) in [5, 5.41) is 3.30. The molecule has 0 bridgehead atoms. The first-order valence-corrected chi connectivity index (χ1v) is 4.05. The second-order valence-electron chi connectivity index (χ2n) is 2.56. The molecule has 0 saturated carbocycles. The average molecular weight is 150 g/mol. The predicted octanol–water partition coefficient (Wildman–Crippen LogP) is 1.86. The summed E-state index contributed by atoms with van der Waals surface area (Å²) < 4.78 is 0. The standard InChI is InChI=1S/C7H16ClN/c1-4-9-7(5-8)6(2)3/h6-7,9H,4-5H2,1-3H3. The lowest BCUT2D eigenvalue weighted by atomic mass is 10.1. The van der Waals surface area contributed by atoms with E-state index in [1.165, 1.54) is 0 Å². The van der Waals surface area contributed by atoms with Crippen LogP contribution in [-0.2, 0) is 0 Å². The third-order valence-corrected chi connectivity index (χ3v) is 1.77. The molecule has 0 aliphatic rings. The maximum atomic E-state index is 5.68. The van der Waals surface area contributed by atoms with E-state index in [0.29, 0.717) is 17.8 Å². The van der Waals surface area contributed by atoms with Crippen molar-refractivity contribution in [1.82, 2.24) is 5.32 Å². The number of alkyl halides is 1. The minimum Gasteiger partial charge on any atom is -0.313 e. The first-order valence-electron chi connectivity index (χ1n) is 3.51. The number of hydrogen-bond donors (Lipinski definition) is 1. The molecule has 0 spiro atoms. The lowest BCUT2D eigenvalue weighted by Crippen LogP contribution is -2.35. The highest BCUT2D eigenvalue weighted by Gasteiger charge is 2.08. The van der Waals surface area contributed by atoms with E-state index in [2.05, 4.69) is 26.1 Å². The van der Waals surface area contributed by atoms with Gasteiger partial charge in [-0.25, -0.2) is 0 Å². The number of hydrogen-bond acceptors (Lipinski definition) is 1. The van der Waals surface area contributed by atoms with E-state index in [1.807, 2.05) is 0 Å². The molecule has 2 heteroatoms. The van der Waals surface area contributed by atoms with Gasteiger partial charge in [0.15, 0.2) is 0 Å². The van der Waals surface area contributed by atoms with Crippen molar-refractivity contribution in [3.8, 4) is 0 Å². The fourth-order valence-corrected chi connectivity index (χ4v) is 1.20. The van der Waals surface area contributed by atoms with Gasteiger partial charge in [-0.2, -0.15) is 0 Å². The molecule has 0 aromatic heterocycles. The van der Waals surface area contributed by atoms with E-state index in [4.69, 9.17) is 11.6 Å². The summed E-state index contributed by atoms with van der Waals surface area (Å²) in [5.74, 6) is 1.35. The Kier molecular flexibility index (Phi) is 5.21. The second-order valence-corrected chi connectivity index (χ2v) is 2.87.